The topological polar surface area (TPSA) is 62.1 Å². The summed E-state index contributed by atoms with van der Waals surface area (Å²) in [5, 5.41) is 11.2. The van der Waals surface area contributed by atoms with E-state index in [2.05, 4.69) is 10.1 Å². The van der Waals surface area contributed by atoms with Crippen molar-refractivity contribution in [3.8, 4) is 11.8 Å². The highest BCUT2D eigenvalue weighted by molar-refractivity contribution is 5.97. The van der Waals surface area contributed by atoms with E-state index < -0.39 is 12.5 Å². The van der Waals surface area contributed by atoms with E-state index in [0.717, 1.165) is 0 Å². The van der Waals surface area contributed by atoms with Gasteiger partial charge in [0.05, 0.1) is 18.1 Å². The Labute approximate surface area is 110 Å². The normalized spacial score (nSPS) is 11.7. The Hall–Kier alpha value is -2.16. The fourth-order valence-electron chi connectivity index (χ4n) is 1.52. The van der Waals surface area contributed by atoms with Crippen LogP contribution in [0.2, 0.25) is 0 Å². The van der Waals surface area contributed by atoms with Gasteiger partial charge in [-0.1, -0.05) is 19.1 Å². The van der Waals surface area contributed by atoms with Crippen LogP contribution in [-0.4, -0.2) is 18.6 Å². The smallest absolute Gasteiger partial charge is 0.387 e. The summed E-state index contributed by atoms with van der Waals surface area (Å²) in [6.45, 7) is -1.17. The van der Waals surface area contributed by atoms with Crippen molar-refractivity contribution in [2.24, 2.45) is 0 Å². The predicted octanol–water partition coefficient (Wildman–Crippen LogP) is 2.71. The molecule has 0 aliphatic carbocycles. The first-order chi connectivity index (χ1) is 9.08. The third-order valence-electron chi connectivity index (χ3n) is 2.51. The molecule has 19 heavy (non-hydrogen) atoms. The molecule has 1 unspecified atom stereocenters. The first kappa shape index (κ1) is 14.9. The van der Waals surface area contributed by atoms with Crippen molar-refractivity contribution >= 4 is 5.91 Å². The molecule has 102 valence electrons. The van der Waals surface area contributed by atoms with Crippen molar-refractivity contribution < 1.29 is 18.3 Å². The van der Waals surface area contributed by atoms with E-state index in [4.69, 9.17) is 5.26 Å². The monoisotopic (exact) mass is 268 g/mol. The summed E-state index contributed by atoms with van der Waals surface area (Å²) in [4.78, 5) is 11.9. The van der Waals surface area contributed by atoms with Crippen molar-refractivity contribution in [1.82, 2.24) is 5.32 Å². The van der Waals surface area contributed by atoms with E-state index in [1.54, 1.807) is 6.07 Å². The third-order valence-corrected chi connectivity index (χ3v) is 2.51. The van der Waals surface area contributed by atoms with Gasteiger partial charge in [0.1, 0.15) is 5.75 Å². The lowest BCUT2D eigenvalue weighted by Crippen LogP contribution is -2.34. The number of carbonyl (C=O) groups is 1. The molecule has 0 radical (unpaired) electrons. The number of nitriles is 1. The average molecular weight is 268 g/mol. The minimum absolute atomic E-state index is 0.0270. The molecule has 1 rings (SSSR count). The van der Waals surface area contributed by atoms with Gasteiger partial charge in [-0.05, 0) is 18.6 Å². The number of amides is 1. The van der Waals surface area contributed by atoms with Crippen molar-refractivity contribution in [2.75, 3.05) is 0 Å². The number of nitrogens with one attached hydrogen (secondary N) is 1. The number of para-hydroxylation sites is 1. The van der Waals surface area contributed by atoms with Crippen LogP contribution < -0.4 is 10.1 Å². The SMILES string of the molecule is CCC(CC#N)NC(=O)c1ccccc1OC(F)F. The van der Waals surface area contributed by atoms with Gasteiger partial charge in [-0.25, -0.2) is 0 Å². The zero-order valence-electron chi connectivity index (χ0n) is 10.4. The number of halogens is 2. The largest absolute Gasteiger partial charge is 0.434 e. The Bertz CT molecular complexity index is 472. The van der Waals surface area contributed by atoms with Gasteiger partial charge in [-0.2, -0.15) is 14.0 Å². The van der Waals surface area contributed by atoms with E-state index in [-0.39, 0.29) is 23.8 Å². The fourth-order valence-corrected chi connectivity index (χ4v) is 1.52. The van der Waals surface area contributed by atoms with Crippen LogP contribution in [0.3, 0.4) is 0 Å². The van der Waals surface area contributed by atoms with Crippen LogP contribution in [0.15, 0.2) is 24.3 Å². The Morgan fingerprint density at radius 1 is 1.47 bits per heavy atom. The number of nitrogens with zero attached hydrogens (tertiary/aromatic N) is 1. The second kappa shape index (κ2) is 7.31. The molecule has 0 spiro atoms. The number of ether oxygens (including phenoxy) is 1. The van der Waals surface area contributed by atoms with Gasteiger partial charge >= 0.3 is 6.61 Å². The molecule has 0 fully saturated rings. The molecule has 1 atom stereocenters. The van der Waals surface area contributed by atoms with E-state index in [0.29, 0.717) is 6.42 Å². The van der Waals surface area contributed by atoms with E-state index in [9.17, 15) is 13.6 Å². The molecule has 4 nitrogen and oxygen atoms in total. The zero-order chi connectivity index (χ0) is 14.3. The minimum atomic E-state index is -2.99. The lowest BCUT2D eigenvalue weighted by atomic mass is 10.1. The predicted molar refractivity (Wildman–Crippen MR) is 64.8 cm³/mol. The van der Waals surface area contributed by atoms with Gasteiger partial charge in [-0.3, -0.25) is 4.79 Å². The Morgan fingerprint density at radius 2 is 2.16 bits per heavy atom. The van der Waals surface area contributed by atoms with E-state index >= 15 is 0 Å². The zero-order valence-corrected chi connectivity index (χ0v) is 10.4. The van der Waals surface area contributed by atoms with Crippen molar-refractivity contribution in [3.05, 3.63) is 29.8 Å². The molecule has 1 amide bonds. The fraction of sp³-hybridized carbons (Fsp3) is 0.385. The Balaban J connectivity index is 2.84. The summed E-state index contributed by atoms with van der Waals surface area (Å²) < 4.78 is 28.7. The second-order valence-corrected chi connectivity index (χ2v) is 3.82. The van der Waals surface area contributed by atoms with Gasteiger partial charge in [0.25, 0.3) is 5.91 Å². The van der Waals surface area contributed by atoms with Crippen molar-refractivity contribution in [3.63, 3.8) is 0 Å². The minimum Gasteiger partial charge on any atom is -0.434 e. The van der Waals surface area contributed by atoms with Gasteiger partial charge < -0.3 is 10.1 Å². The van der Waals surface area contributed by atoms with E-state index in [1.807, 2.05) is 13.0 Å². The van der Waals surface area contributed by atoms with Gasteiger partial charge in [-0.15, -0.1) is 0 Å². The molecule has 1 aromatic rings. The van der Waals surface area contributed by atoms with Crippen LogP contribution in [0.4, 0.5) is 8.78 Å². The molecule has 1 N–H and O–H groups in total. The van der Waals surface area contributed by atoms with Crippen molar-refractivity contribution in [1.29, 1.82) is 5.26 Å². The molecule has 0 aromatic heterocycles. The van der Waals surface area contributed by atoms with E-state index in [1.165, 1.54) is 18.2 Å². The summed E-state index contributed by atoms with van der Waals surface area (Å²) in [6, 6.07) is 7.40. The van der Waals surface area contributed by atoms with Crippen molar-refractivity contribution in [2.45, 2.75) is 32.4 Å². The molecule has 0 saturated carbocycles. The Kier molecular flexibility index (Phi) is 5.73. The summed E-state index contributed by atoms with van der Waals surface area (Å²) in [5.41, 5.74) is 0.0270. The number of rotatable bonds is 6. The maximum atomic E-state index is 12.2. The first-order valence-electron chi connectivity index (χ1n) is 5.80. The van der Waals surface area contributed by atoms with Crippen LogP contribution in [-0.2, 0) is 0 Å². The third kappa shape index (κ3) is 4.54. The molecule has 6 heteroatoms. The Morgan fingerprint density at radius 3 is 2.74 bits per heavy atom. The molecular weight excluding hydrogens is 254 g/mol. The molecule has 1 aromatic carbocycles. The summed E-state index contributed by atoms with van der Waals surface area (Å²) in [5.74, 6) is -0.708. The molecule has 0 saturated heterocycles. The summed E-state index contributed by atoms with van der Waals surface area (Å²) >= 11 is 0. The highest BCUT2D eigenvalue weighted by Crippen LogP contribution is 2.20. The number of hydrogen-bond acceptors (Lipinski definition) is 3. The van der Waals surface area contributed by atoms with Crippen LogP contribution in [0.5, 0.6) is 5.75 Å². The summed E-state index contributed by atoms with van der Waals surface area (Å²) in [6.07, 6.45) is 0.747. The lowest BCUT2D eigenvalue weighted by Gasteiger charge is -2.15. The second-order valence-electron chi connectivity index (χ2n) is 3.82. The van der Waals surface area contributed by atoms with Crippen LogP contribution in [0, 0.1) is 11.3 Å². The highest BCUT2D eigenvalue weighted by atomic mass is 19.3. The highest BCUT2D eigenvalue weighted by Gasteiger charge is 2.17. The molecular formula is C13H14F2N2O2. The van der Waals surface area contributed by atoms with Crippen LogP contribution >= 0.6 is 0 Å². The maximum absolute atomic E-state index is 12.2. The number of hydrogen-bond donors (Lipinski definition) is 1. The van der Waals surface area contributed by atoms with Gasteiger partial charge in [0, 0.05) is 6.04 Å². The molecule has 0 heterocycles. The number of carbonyl (C=O) groups excluding carboxylic acids is 1. The average Bonchev–Trinajstić information content (AvgIpc) is 2.38. The van der Waals surface area contributed by atoms with Gasteiger partial charge in [0.2, 0.25) is 0 Å². The van der Waals surface area contributed by atoms with Gasteiger partial charge in [0.15, 0.2) is 0 Å². The van der Waals surface area contributed by atoms with Crippen LogP contribution in [0.1, 0.15) is 30.1 Å². The lowest BCUT2D eigenvalue weighted by molar-refractivity contribution is -0.0501. The molecule has 0 aliphatic rings. The standard InChI is InChI=1S/C13H14F2N2O2/c1-2-9(7-8-16)17-12(18)10-5-3-4-6-11(10)19-13(14)15/h3-6,9,13H,2,7H2,1H3,(H,17,18). The number of benzene rings is 1. The first-order valence-corrected chi connectivity index (χ1v) is 5.80. The quantitative estimate of drug-likeness (QED) is 0.862. The molecule has 0 bridgehead atoms. The number of alkyl halides is 2. The maximum Gasteiger partial charge on any atom is 0.387 e. The van der Waals surface area contributed by atoms with Crippen LogP contribution in [0.25, 0.3) is 0 Å². The molecule has 0 aliphatic heterocycles. The summed E-state index contributed by atoms with van der Waals surface area (Å²) in [7, 11) is 0.